The number of ether oxygens (including phenoxy) is 3. The second kappa shape index (κ2) is 6.27. The maximum Gasteiger partial charge on any atom is 0.167 e. The molecule has 110 valence electrons. The van der Waals surface area contributed by atoms with Gasteiger partial charge in [-0.1, -0.05) is 0 Å². The van der Waals surface area contributed by atoms with Crippen LogP contribution < -0.4 is 9.47 Å². The Bertz CT molecular complexity index is 495. The second-order valence-corrected chi connectivity index (χ2v) is 5.34. The number of Topliss-reactive ketones (excluding diaryl/α,β-unsaturated/α-hetero) is 1. The number of methoxy groups -OCH3 is 3. The van der Waals surface area contributed by atoms with Crippen molar-refractivity contribution < 1.29 is 19.0 Å². The normalized spacial score (nSPS) is 19.4. The van der Waals surface area contributed by atoms with Crippen molar-refractivity contribution >= 4 is 5.78 Å². The van der Waals surface area contributed by atoms with Crippen molar-refractivity contribution in [1.29, 1.82) is 0 Å². The summed E-state index contributed by atoms with van der Waals surface area (Å²) in [4.78, 5) is 12.4. The van der Waals surface area contributed by atoms with Crippen LogP contribution in [0.4, 0.5) is 0 Å². The van der Waals surface area contributed by atoms with Gasteiger partial charge in [-0.3, -0.25) is 4.79 Å². The Morgan fingerprint density at radius 1 is 1.20 bits per heavy atom. The molecule has 4 heteroatoms. The Morgan fingerprint density at radius 2 is 1.95 bits per heavy atom. The highest BCUT2D eigenvalue weighted by Gasteiger charge is 2.29. The lowest BCUT2D eigenvalue weighted by Crippen LogP contribution is -2.24. The van der Waals surface area contributed by atoms with Gasteiger partial charge in [-0.2, -0.15) is 0 Å². The van der Waals surface area contributed by atoms with Crippen LogP contribution in [0.1, 0.15) is 35.7 Å². The maximum absolute atomic E-state index is 12.4. The van der Waals surface area contributed by atoms with Crippen LogP contribution in [0.15, 0.2) is 12.1 Å². The van der Waals surface area contributed by atoms with Crippen molar-refractivity contribution in [3.05, 3.63) is 23.3 Å². The van der Waals surface area contributed by atoms with Crippen molar-refractivity contribution in [2.24, 2.45) is 5.92 Å². The topological polar surface area (TPSA) is 44.8 Å². The molecule has 0 bridgehead atoms. The molecule has 0 unspecified atom stereocenters. The van der Waals surface area contributed by atoms with Gasteiger partial charge in [-0.25, -0.2) is 0 Å². The molecule has 1 aliphatic carbocycles. The molecule has 0 heterocycles. The zero-order chi connectivity index (χ0) is 14.7. The number of carbonyl (C=O) groups excluding carboxylic acids is 1. The molecule has 0 fully saturated rings. The first-order valence-electron chi connectivity index (χ1n) is 6.89. The zero-order valence-electron chi connectivity index (χ0n) is 12.6. The molecule has 2 atom stereocenters. The quantitative estimate of drug-likeness (QED) is 0.830. The maximum atomic E-state index is 12.4. The van der Waals surface area contributed by atoms with Gasteiger partial charge >= 0.3 is 0 Å². The molecule has 0 saturated carbocycles. The zero-order valence-corrected chi connectivity index (χ0v) is 12.6. The third-order valence-electron chi connectivity index (χ3n) is 3.94. The Labute approximate surface area is 120 Å². The Kier molecular flexibility index (Phi) is 4.65. The third-order valence-corrected chi connectivity index (χ3v) is 3.94. The van der Waals surface area contributed by atoms with Crippen molar-refractivity contribution in [2.45, 2.75) is 32.3 Å². The lowest BCUT2D eigenvalue weighted by Gasteiger charge is -2.27. The summed E-state index contributed by atoms with van der Waals surface area (Å²) in [6.07, 6.45) is 2.48. The van der Waals surface area contributed by atoms with Gasteiger partial charge in [0, 0.05) is 19.6 Å². The Hall–Kier alpha value is -1.55. The van der Waals surface area contributed by atoms with Gasteiger partial charge in [0.1, 0.15) is 11.5 Å². The van der Waals surface area contributed by atoms with E-state index in [1.807, 2.05) is 13.0 Å². The number of fused-ring (bicyclic) bond motifs is 1. The van der Waals surface area contributed by atoms with Crippen molar-refractivity contribution in [3.63, 3.8) is 0 Å². The highest BCUT2D eigenvalue weighted by atomic mass is 16.5. The van der Waals surface area contributed by atoms with Gasteiger partial charge in [0.05, 0.1) is 25.9 Å². The molecule has 4 nitrogen and oxygen atoms in total. The van der Waals surface area contributed by atoms with Gasteiger partial charge < -0.3 is 14.2 Å². The van der Waals surface area contributed by atoms with E-state index in [0.717, 1.165) is 29.7 Å². The fraction of sp³-hybridized carbons (Fsp3) is 0.562. The molecule has 0 saturated heterocycles. The van der Waals surface area contributed by atoms with E-state index in [9.17, 15) is 4.79 Å². The summed E-state index contributed by atoms with van der Waals surface area (Å²) < 4.78 is 15.9. The number of carbonyl (C=O) groups is 1. The highest BCUT2D eigenvalue weighted by molar-refractivity contribution is 6.01. The van der Waals surface area contributed by atoms with E-state index in [1.54, 1.807) is 27.4 Å². The lowest BCUT2D eigenvalue weighted by atomic mass is 9.80. The summed E-state index contributed by atoms with van der Waals surface area (Å²) in [5.74, 6) is 1.82. The average molecular weight is 278 g/mol. The number of benzene rings is 1. The fourth-order valence-corrected chi connectivity index (χ4v) is 2.88. The van der Waals surface area contributed by atoms with Crippen LogP contribution in [-0.4, -0.2) is 33.2 Å². The van der Waals surface area contributed by atoms with E-state index in [4.69, 9.17) is 14.2 Å². The number of ketones is 1. The summed E-state index contributed by atoms with van der Waals surface area (Å²) >= 11 is 0. The van der Waals surface area contributed by atoms with E-state index in [1.165, 1.54) is 0 Å². The minimum atomic E-state index is 0.152. The van der Waals surface area contributed by atoms with E-state index in [2.05, 4.69) is 0 Å². The van der Waals surface area contributed by atoms with Crippen molar-refractivity contribution in [2.75, 3.05) is 21.3 Å². The van der Waals surface area contributed by atoms with E-state index >= 15 is 0 Å². The fourth-order valence-electron chi connectivity index (χ4n) is 2.88. The highest BCUT2D eigenvalue weighted by Crippen LogP contribution is 2.37. The minimum Gasteiger partial charge on any atom is -0.497 e. The summed E-state index contributed by atoms with van der Waals surface area (Å²) in [5, 5.41) is 0. The van der Waals surface area contributed by atoms with Gasteiger partial charge in [0.25, 0.3) is 0 Å². The van der Waals surface area contributed by atoms with Crippen LogP contribution in [0.3, 0.4) is 0 Å². The van der Waals surface area contributed by atoms with Gasteiger partial charge in [-0.05, 0) is 37.3 Å². The first-order valence-corrected chi connectivity index (χ1v) is 6.89. The summed E-state index contributed by atoms with van der Waals surface area (Å²) in [7, 11) is 4.91. The standard InChI is InChI=1S/C16H22O4/c1-10(18-2)5-11-6-12-8-13(19-3)9-15(20-4)16(12)14(17)7-11/h8-11H,5-7H2,1-4H3/t10-,11-/m1/s1. The van der Waals surface area contributed by atoms with Crippen LogP contribution in [0, 0.1) is 5.92 Å². The predicted molar refractivity (Wildman–Crippen MR) is 76.8 cm³/mol. The molecule has 0 N–H and O–H groups in total. The average Bonchev–Trinajstić information content (AvgIpc) is 2.45. The molecule has 0 aliphatic heterocycles. The molecule has 2 rings (SSSR count). The molecule has 0 amide bonds. The van der Waals surface area contributed by atoms with E-state index in [-0.39, 0.29) is 11.9 Å². The lowest BCUT2D eigenvalue weighted by molar-refractivity contribution is 0.0814. The Morgan fingerprint density at radius 3 is 2.55 bits per heavy atom. The van der Waals surface area contributed by atoms with Crippen LogP contribution in [0.2, 0.25) is 0 Å². The van der Waals surface area contributed by atoms with Crippen LogP contribution in [0.5, 0.6) is 11.5 Å². The van der Waals surface area contributed by atoms with Crippen molar-refractivity contribution in [1.82, 2.24) is 0 Å². The van der Waals surface area contributed by atoms with Gasteiger partial charge in [0.15, 0.2) is 5.78 Å². The first kappa shape index (κ1) is 14.9. The molecule has 1 aliphatic rings. The van der Waals surface area contributed by atoms with Gasteiger partial charge in [0.2, 0.25) is 0 Å². The second-order valence-electron chi connectivity index (χ2n) is 5.34. The first-order chi connectivity index (χ1) is 9.58. The van der Waals surface area contributed by atoms with E-state index < -0.39 is 0 Å². The molecule has 0 aromatic heterocycles. The number of rotatable bonds is 5. The minimum absolute atomic E-state index is 0.152. The SMILES string of the molecule is COc1cc2c(c(OC)c1)C(=O)C[C@H](C[C@@H](C)OC)C2. The monoisotopic (exact) mass is 278 g/mol. The third kappa shape index (κ3) is 2.96. The van der Waals surface area contributed by atoms with E-state index in [0.29, 0.717) is 18.1 Å². The predicted octanol–water partition coefficient (Wildman–Crippen LogP) is 2.87. The molecule has 1 aromatic carbocycles. The largest absolute Gasteiger partial charge is 0.497 e. The smallest absolute Gasteiger partial charge is 0.167 e. The summed E-state index contributed by atoms with van der Waals surface area (Å²) in [6.45, 7) is 2.03. The van der Waals surface area contributed by atoms with Crippen LogP contribution in [0.25, 0.3) is 0 Å². The molecule has 1 aromatic rings. The number of hydrogen-bond acceptors (Lipinski definition) is 4. The molecular weight excluding hydrogens is 256 g/mol. The van der Waals surface area contributed by atoms with Crippen LogP contribution in [-0.2, 0) is 11.2 Å². The molecular formula is C16H22O4. The molecule has 0 radical (unpaired) electrons. The van der Waals surface area contributed by atoms with Gasteiger partial charge in [-0.15, -0.1) is 0 Å². The summed E-state index contributed by atoms with van der Waals surface area (Å²) in [6, 6.07) is 3.72. The molecule has 20 heavy (non-hydrogen) atoms. The number of hydrogen-bond donors (Lipinski definition) is 0. The van der Waals surface area contributed by atoms with Crippen molar-refractivity contribution in [3.8, 4) is 11.5 Å². The van der Waals surface area contributed by atoms with Crippen LogP contribution >= 0.6 is 0 Å². The molecule has 0 spiro atoms. The Balaban J connectivity index is 2.31. The summed E-state index contributed by atoms with van der Waals surface area (Å²) in [5.41, 5.74) is 1.74.